The highest BCUT2D eigenvalue weighted by atomic mass is 19.4. The Kier molecular flexibility index (Phi) is 5.89. The molecule has 0 radical (unpaired) electrons. The molecule has 0 atom stereocenters. The molecule has 0 aliphatic heterocycles. The number of halogens is 3. The van der Waals surface area contributed by atoms with Crippen LogP contribution in [0.2, 0.25) is 0 Å². The number of hydrogen-bond donors (Lipinski definition) is 0. The summed E-state index contributed by atoms with van der Waals surface area (Å²) in [5.41, 5.74) is 2.67. The van der Waals surface area contributed by atoms with Crippen molar-refractivity contribution in [1.29, 1.82) is 0 Å². The van der Waals surface area contributed by atoms with E-state index < -0.39 is 6.36 Å². The predicted molar refractivity (Wildman–Crippen MR) is 88.7 cm³/mol. The van der Waals surface area contributed by atoms with Gasteiger partial charge in [0.25, 0.3) is 0 Å². The minimum atomic E-state index is -4.69. The molecule has 2 rings (SSSR count). The molecular formula is C18H15F3N2O. The molecule has 3 nitrogen and oxygen atoms in total. The summed E-state index contributed by atoms with van der Waals surface area (Å²) >= 11 is 0. The highest BCUT2D eigenvalue weighted by Crippen LogP contribution is 2.22. The molecule has 0 unspecified atom stereocenters. The van der Waals surface area contributed by atoms with Gasteiger partial charge in [0.2, 0.25) is 0 Å². The number of allylic oxidation sites excluding steroid dienone is 1. The number of benzene rings is 2. The first-order valence-corrected chi connectivity index (χ1v) is 7.08. The summed E-state index contributed by atoms with van der Waals surface area (Å²) in [5.74, 6) is -0.275. The second kappa shape index (κ2) is 8.10. The van der Waals surface area contributed by atoms with Gasteiger partial charge in [-0.15, -0.1) is 19.8 Å². The van der Waals surface area contributed by atoms with Crippen molar-refractivity contribution in [2.24, 2.45) is 10.2 Å². The Bertz CT molecular complexity index is 717. The molecule has 0 aliphatic carbocycles. The lowest BCUT2D eigenvalue weighted by Crippen LogP contribution is -2.16. The highest BCUT2D eigenvalue weighted by molar-refractivity contribution is 5.82. The minimum absolute atomic E-state index is 0.275. The molecule has 2 aromatic rings. The van der Waals surface area contributed by atoms with E-state index in [1.54, 1.807) is 6.21 Å². The quantitative estimate of drug-likeness (QED) is 0.426. The summed E-state index contributed by atoms with van der Waals surface area (Å²) in [7, 11) is 0. The van der Waals surface area contributed by atoms with Gasteiger partial charge >= 0.3 is 6.36 Å². The summed E-state index contributed by atoms with van der Waals surface area (Å²) in [6.07, 6.45) is 0.985. The average Bonchev–Trinajstić information content (AvgIpc) is 2.53. The molecule has 24 heavy (non-hydrogen) atoms. The van der Waals surface area contributed by atoms with E-state index in [9.17, 15) is 13.2 Å². The Morgan fingerprint density at radius 2 is 1.38 bits per heavy atom. The lowest BCUT2D eigenvalue weighted by Gasteiger charge is -2.08. The lowest BCUT2D eigenvalue weighted by atomic mass is 10.1. The molecule has 2 aromatic carbocycles. The third-order valence-electron chi connectivity index (χ3n) is 2.95. The van der Waals surface area contributed by atoms with Crippen LogP contribution >= 0.6 is 0 Å². The van der Waals surface area contributed by atoms with Gasteiger partial charge in [0.15, 0.2) is 0 Å². The van der Waals surface area contributed by atoms with Gasteiger partial charge in [0, 0.05) is 0 Å². The maximum atomic E-state index is 12.0. The molecule has 0 N–H and O–H groups in total. The van der Waals surface area contributed by atoms with Crippen molar-refractivity contribution in [1.82, 2.24) is 0 Å². The fourth-order valence-electron chi connectivity index (χ4n) is 1.86. The van der Waals surface area contributed by atoms with Gasteiger partial charge in [-0.3, -0.25) is 0 Å². The van der Waals surface area contributed by atoms with E-state index in [2.05, 4.69) is 21.5 Å². The summed E-state index contributed by atoms with van der Waals surface area (Å²) in [4.78, 5) is 0. The van der Waals surface area contributed by atoms with Crippen LogP contribution in [0.15, 0.2) is 71.4 Å². The summed E-state index contributed by atoms with van der Waals surface area (Å²) in [6, 6.07) is 13.2. The fourth-order valence-corrected chi connectivity index (χ4v) is 1.86. The van der Waals surface area contributed by atoms with Gasteiger partial charge in [0.05, 0.1) is 12.4 Å². The Morgan fingerprint density at radius 1 is 0.875 bits per heavy atom. The van der Waals surface area contributed by atoms with Crippen LogP contribution in [0.5, 0.6) is 5.75 Å². The number of rotatable bonds is 6. The van der Waals surface area contributed by atoms with E-state index in [1.807, 2.05) is 30.3 Å². The zero-order valence-electron chi connectivity index (χ0n) is 12.7. The van der Waals surface area contributed by atoms with Crippen LogP contribution in [0, 0.1) is 0 Å². The topological polar surface area (TPSA) is 34.0 Å². The van der Waals surface area contributed by atoms with Crippen LogP contribution in [0.3, 0.4) is 0 Å². The summed E-state index contributed by atoms with van der Waals surface area (Å²) < 4.78 is 39.9. The molecule has 0 amide bonds. The van der Waals surface area contributed by atoms with Gasteiger partial charge in [-0.2, -0.15) is 10.2 Å². The lowest BCUT2D eigenvalue weighted by molar-refractivity contribution is -0.274. The first kappa shape index (κ1) is 17.5. The second-order valence-corrected chi connectivity index (χ2v) is 4.84. The van der Waals surface area contributed by atoms with Crippen LogP contribution in [0.4, 0.5) is 13.2 Å². The molecule has 0 heterocycles. The SMILES string of the molecule is C=CCc1ccc(/C=N/N=C\c2ccc(OC(F)(F)F)cc2)cc1. The third-order valence-corrected chi connectivity index (χ3v) is 2.95. The molecule has 0 saturated heterocycles. The van der Waals surface area contributed by atoms with E-state index in [1.165, 1.54) is 30.5 Å². The standard InChI is InChI=1S/C18H15F3N2O/c1-2-3-14-4-6-15(7-5-14)12-22-23-13-16-8-10-17(11-9-16)24-18(19,20)21/h2,4-13H,1,3H2/b22-12+,23-13-. The average molecular weight is 332 g/mol. The summed E-state index contributed by atoms with van der Waals surface area (Å²) in [6.45, 7) is 3.68. The summed E-state index contributed by atoms with van der Waals surface area (Å²) in [5, 5.41) is 7.77. The molecule has 0 spiro atoms. The molecule has 0 saturated carbocycles. The number of alkyl halides is 3. The van der Waals surface area contributed by atoms with Crippen molar-refractivity contribution in [2.75, 3.05) is 0 Å². The molecular weight excluding hydrogens is 317 g/mol. The Hall–Kier alpha value is -2.89. The Balaban J connectivity index is 1.92. The Labute approximate surface area is 137 Å². The monoisotopic (exact) mass is 332 g/mol. The van der Waals surface area contributed by atoms with Crippen LogP contribution in [-0.4, -0.2) is 18.8 Å². The Morgan fingerprint density at radius 3 is 1.83 bits per heavy atom. The van der Waals surface area contributed by atoms with Crippen molar-refractivity contribution in [2.45, 2.75) is 12.8 Å². The number of hydrogen-bond acceptors (Lipinski definition) is 3. The first-order valence-electron chi connectivity index (χ1n) is 7.08. The normalized spacial score (nSPS) is 12.0. The van der Waals surface area contributed by atoms with Gasteiger partial charge in [-0.1, -0.05) is 30.3 Å². The van der Waals surface area contributed by atoms with E-state index in [4.69, 9.17) is 0 Å². The highest BCUT2D eigenvalue weighted by Gasteiger charge is 2.30. The van der Waals surface area contributed by atoms with Gasteiger partial charge in [0.1, 0.15) is 5.75 Å². The smallest absolute Gasteiger partial charge is 0.406 e. The maximum absolute atomic E-state index is 12.0. The van der Waals surface area contributed by atoms with Crippen molar-refractivity contribution in [3.8, 4) is 5.75 Å². The first-order chi connectivity index (χ1) is 11.5. The van der Waals surface area contributed by atoms with Crippen molar-refractivity contribution in [3.05, 3.63) is 77.9 Å². The zero-order valence-corrected chi connectivity index (χ0v) is 12.7. The second-order valence-electron chi connectivity index (χ2n) is 4.84. The van der Waals surface area contributed by atoms with Crippen LogP contribution in [0.25, 0.3) is 0 Å². The molecule has 0 bridgehead atoms. The fraction of sp³-hybridized carbons (Fsp3) is 0.111. The van der Waals surface area contributed by atoms with E-state index >= 15 is 0 Å². The molecule has 0 aromatic heterocycles. The predicted octanol–water partition coefficient (Wildman–Crippen LogP) is 4.77. The third kappa shape index (κ3) is 6.08. The van der Waals surface area contributed by atoms with Crippen molar-refractivity contribution in [3.63, 3.8) is 0 Å². The largest absolute Gasteiger partial charge is 0.573 e. The van der Waals surface area contributed by atoms with Crippen molar-refractivity contribution >= 4 is 12.4 Å². The van der Waals surface area contributed by atoms with Crippen molar-refractivity contribution < 1.29 is 17.9 Å². The van der Waals surface area contributed by atoms with Crippen LogP contribution < -0.4 is 4.74 Å². The molecule has 0 fully saturated rings. The van der Waals surface area contributed by atoms with E-state index in [0.717, 1.165) is 17.5 Å². The van der Waals surface area contributed by atoms with Crippen LogP contribution in [-0.2, 0) is 6.42 Å². The molecule has 124 valence electrons. The minimum Gasteiger partial charge on any atom is -0.406 e. The number of nitrogens with zero attached hydrogens (tertiary/aromatic N) is 2. The van der Waals surface area contributed by atoms with E-state index in [0.29, 0.717) is 5.56 Å². The van der Waals surface area contributed by atoms with Gasteiger partial charge < -0.3 is 4.74 Å². The van der Waals surface area contributed by atoms with Gasteiger partial charge in [-0.25, -0.2) is 0 Å². The molecule has 6 heteroatoms. The van der Waals surface area contributed by atoms with Gasteiger partial charge in [-0.05, 0) is 47.4 Å². The molecule has 0 aliphatic rings. The van der Waals surface area contributed by atoms with Crippen LogP contribution in [0.1, 0.15) is 16.7 Å². The zero-order chi connectivity index (χ0) is 17.4. The number of ether oxygens (including phenoxy) is 1. The van der Waals surface area contributed by atoms with E-state index in [-0.39, 0.29) is 5.75 Å². The maximum Gasteiger partial charge on any atom is 0.573 e.